The number of thiazole rings is 1. The number of aryl methyl sites for hydroxylation is 2. The van der Waals surface area contributed by atoms with E-state index in [4.69, 9.17) is 4.74 Å². The third-order valence-electron chi connectivity index (χ3n) is 8.48. The van der Waals surface area contributed by atoms with Gasteiger partial charge in [0.05, 0.1) is 0 Å². The quantitative estimate of drug-likeness (QED) is 0.429. The van der Waals surface area contributed by atoms with E-state index < -0.39 is 11.8 Å². The van der Waals surface area contributed by atoms with Crippen LogP contribution in [0.3, 0.4) is 0 Å². The number of amides is 1. The van der Waals surface area contributed by atoms with E-state index in [-0.39, 0.29) is 40.7 Å². The molecule has 35 heavy (non-hydrogen) atoms. The molecular formula is C27H31FN2O4S. The predicted molar refractivity (Wildman–Crippen MR) is 131 cm³/mol. The maximum absolute atomic E-state index is 14.8. The highest BCUT2D eigenvalue weighted by atomic mass is 32.1. The Bertz CT molecular complexity index is 1190. The Labute approximate surface area is 208 Å². The van der Waals surface area contributed by atoms with Gasteiger partial charge in [0, 0.05) is 36.3 Å². The average molecular weight is 499 g/mol. The maximum Gasteiger partial charge on any atom is 0.308 e. The number of benzene rings is 1. The Kier molecular flexibility index (Phi) is 6.28. The standard InChI is InChI=1S/C27H31FN2O4S/c1-14-13-29-26(35-14)30-24(33)7-5-17-11-23(32)27(3)9-8-18-19(25(17)27)6-4-16-10-22(34-15(2)31)21(28)12-20(16)18/h10,12-13,17-19,25H,4-9,11H2,1-3H3,(H,29,30,33). The summed E-state index contributed by atoms with van der Waals surface area (Å²) < 4.78 is 19.9. The molecule has 2 fully saturated rings. The number of carbonyl (C=O) groups is 3. The zero-order valence-electron chi connectivity index (χ0n) is 20.4. The molecule has 2 saturated carbocycles. The minimum Gasteiger partial charge on any atom is -0.424 e. The van der Waals surface area contributed by atoms with Crippen LogP contribution in [-0.4, -0.2) is 22.6 Å². The number of nitrogens with one attached hydrogen (secondary N) is 1. The lowest BCUT2D eigenvalue weighted by molar-refractivity contribution is -0.132. The summed E-state index contributed by atoms with van der Waals surface area (Å²) in [6.07, 6.45) is 6.59. The van der Waals surface area contributed by atoms with Gasteiger partial charge in [-0.05, 0) is 86.0 Å². The molecule has 3 aliphatic carbocycles. The fourth-order valence-corrected chi connectivity index (χ4v) is 7.72. The Hall–Kier alpha value is -2.61. The number of hydrogen-bond donors (Lipinski definition) is 1. The molecule has 1 aromatic carbocycles. The van der Waals surface area contributed by atoms with Crippen molar-refractivity contribution in [2.24, 2.45) is 23.2 Å². The van der Waals surface area contributed by atoms with E-state index in [1.54, 1.807) is 18.3 Å². The molecule has 6 nitrogen and oxygen atoms in total. The lowest BCUT2D eigenvalue weighted by Gasteiger charge is -2.50. The van der Waals surface area contributed by atoms with Crippen molar-refractivity contribution in [3.05, 3.63) is 40.2 Å². The molecule has 5 rings (SSSR count). The second-order valence-corrected chi connectivity index (χ2v) is 11.9. The second kappa shape index (κ2) is 9.12. The van der Waals surface area contributed by atoms with Crippen molar-refractivity contribution in [2.45, 2.75) is 71.6 Å². The van der Waals surface area contributed by atoms with E-state index in [9.17, 15) is 18.8 Å². The third kappa shape index (κ3) is 4.41. The molecule has 0 aliphatic heterocycles. The topological polar surface area (TPSA) is 85.4 Å². The summed E-state index contributed by atoms with van der Waals surface area (Å²) in [7, 11) is 0. The van der Waals surface area contributed by atoms with Gasteiger partial charge < -0.3 is 10.1 Å². The normalized spacial score (nSPS) is 29.2. The molecule has 8 heteroatoms. The molecule has 1 N–H and O–H groups in total. The molecule has 1 amide bonds. The highest BCUT2D eigenvalue weighted by Crippen LogP contribution is 2.62. The van der Waals surface area contributed by atoms with Crippen molar-refractivity contribution < 1.29 is 23.5 Å². The van der Waals surface area contributed by atoms with Crippen LogP contribution in [0.1, 0.15) is 74.3 Å². The van der Waals surface area contributed by atoms with Crippen molar-refractivity contribution in [3.63, 3.8) is 0 Å². The van der Waals surface area contributed by atoms with Gasteiger partial charge in [-0.3, -0.25) is 14.4 Å². The third-order valence-corrected chi connectivity index (χ3v) is 9.31. The molecule has 0 radical (unpaired) electrons. The van der Waals surface area contributed by atoms with Gasteiger partial charge in [-0.15, -0.1) is 11.3 Å². The van der Waals surface area contributed by atoms with E-state index in [1.807, 2.05) is 6.92 Å². The Morgan fingerprint density at radius 1 is 1.31 bits per heavy atom. The zero-order chi connectivity index (χ0) is 24.9. The number of anilines is 1. The maximum atomic E-state index is 14.8. The molecule has 0 spiro atoms. The summed E-state index contributed by atoms with van der Waals surface area (Å²) in [5, 5.41) is 3.49. The number of aromatic nitrogens is 1. The molecule has 3 aliphatic rings. The van der Waals surface area contributed by atoms with E-state index in [0.29, 0.717) is 30.2 Å². The van der Waals surface area contributed by atoms with Crippen molar-refractivity contribution >= 4 is 34.1 Å². The predicted octanol–water partition coefficient (Wildman–Crippen LogP) is 5.59. The number of hydrogen-bond acceptors (Lipinski definition) is 6. The first-order valence-corrected chi connectivity index (χ1v) is 13.2. The largest absolute Gasteiger partial charge is 0.424 e. The van der Waals surface area contributed by atoms with Crippen LogP contribution in [0.5, 0.6) is 5.75 Å². The van der Waals surface area contributed by atoms with Gasteiger partial charge in [-0.25, -0.2) is 9.37 Å². The summed E-state index contributed by atoms with van der Waals surface area (Å²) in [5.74, 6) is -0.0200. The highest BCUT2D eigenvalue weighted by molar-refractivity contribution is 7.15. The van der Waals surface area contributed by atoms with Gasteiger partial charge in [0.2, 0.25) is 5.91 Å². The van der Waals surface area contributed by atoms with Crippen molar-refractivity contribution in [1.82, 2.24) is 4.98 Å². The van der Waals surface area contributed by atoms with Crippen molar-refractivity contribution in [2.75, 3.05) is 5.32 Å². The molecule has 1 aromatic heterocycles. The lowest BCUT2D eigenvalue weighted by Crippen LogP contribution is -2.44. The Morgan fingerprint density at radius 3 is 2.83 bits per heavy atom. The first-order chi connectivity index (χ1) is 16.7. The number of Topliss-reactive ketones (excluding diaryl/α,β-unsaturated/α-hetero) is 1. The number of esters is 1. The van der Waals surface area contributed by atoms with Crippen molar-refractivity contribution in [1.29, 1.82) is 0 Å². The molecular weight excluding hydrogens is 467 g/mol. The first-order valence-electron chi connectivity index (χ1n) is 12.4. The van der Waals surface area contributed by atoms with Crippen LogP contribution in [0.25, 0.3) is 0 Å². The van der Waals surface area contributed by atoms with E-state index in [2.05, 4.69) is 17.2 Å². The Morgan fingerprint density at radius 2 is 2.11 bits per heavy atom. The number of nitrogens with zero attached hydrogens (tertiary/aromatic N) is 1. The van der Waals surface area contributed by atoms with Crippen LogP contribution >= 0.6 is 11.3 Å². The molecule has 5 atom stereocenters. The molecule has 1 heterocycles. The second-order valence-electron chi connectivity index (χ2n) is 10.6. The number of carbonyl (C=O) groups excluding carboxylic acids is 3. The van der Waals surface area contributed by atoms with Gasteiger partial charge in [0.25, 0.3) is 0 Å². The lowest BCUT2D eigenvalue weighted by atomic mass is 9.54. The summed E-state index contributed by atoms with van der Waals surface area (Å²) in [6.45, 7) is 5.32. The van der Waals surface area contributed by atoms with E-state index in [1.165, 1.54) is 18.3 Å². The zero-order valence-corrected chi connectivity index (χ0v) is 21.2. The van der Waals surface area contributed by atoms with Crippen LogP contribution in [-0.2, 0) is 20.8 Å². The summed E-state index contributed by atoms with van der Waals surface area (Å²) >= 11 is 1.45. The van der Waals surface area contributed by atoms with Gasteiger partial charge in [0.1, 0.15) is 5.78 Å². The van der Waals surface area contributed by atoms with Crippen LogP contribution in [0, 0.1) is 35.9 Å². The number of ketones is 1. The van der Waals surface area contributed by atoms with E-state index >= 15 is 0 Å². The monoisotopic (exact) mass is 498 g/mol. The average Bonchev–Trinajstić information content (AvgIpc) is 3.32. The molecule has 5 unspecified atom stereocenters. The summed E-state index contributed by atoms with van der Waals surface area (Å²) in [6, 6.07) is 3.22. The smallest absolute Gasteiger partial charge is 0.308 e. The highest BCUT2D eigenvalue weighted by Gasteiger charge is 2.58. The van der Waals surface area contributed by atoms with Gasteiger partial charge in [-0.2, -0.15) is 0 Å². The molecule has 186 valence electrons. The minimum atomic E-state index is -0.535. The summed E-state index contributed by atoms with van der Waals surface area (Å²) in [5.41, 5.74) is 1.65. The molecule has 2 aromatic rings. The Balaban J connectivity index is 1.35. The number of halogens is 1. The minimum absolute atomic E-state index is 0.00861. The molecule has 0 saturated heterocycles. The van der Waals surface area contributed by atoms with Gasteiger partial charge in [-0.1, -0.05) is 6.92 Å². The van der Waals surface area contributed by atoms with E-state index in [0.717, 1.165) is 41.7 Å². The van der Waals surface area contributed by atoms with Gasteiger partial charge in [0.15, 0.2) is 16.7 Å². The number of ether oxygens (including phenoxy) is 1. The summed E-state index contributed by atoms with van der Waals surface area (Å²) in [4.78, 5) is 42.4. The first kappa shape index (κ1) is 24.1. The van der Waals surface area contributed by atoms with Crippen molar-refractivity contribution in [3.8, 4) is 5.75 Å². The SMILES string of the molecule is CC(=O)Oc1cc2c(cc1F)C1CCC3(C)C(=O)CC(CCC(=O)Nc4ncc(C)s4)C3C1CC2. The van der Waals surface area contributed by atoms with Crippen LogP contribution in [0.15, 0.2) is 18.3 Å². The molecule has 0 bridgehead atoms. The van der Waals surface area contributed by atoms with Crippen LogP contribution < -0.4 is 10.1 Å². The van der Waals surface area contributed by atoms with Crippen LogP contribution in [0.4, 0.5) is 9.52 Å². The fourth-order valence-electron chi connectivity index (χ4n) is 7.04. The fraction of sp³-hybridized carbons (Fsp3) is 0.556. The number of rotatable bonds is 5. The van der Waals surface area contributed by atoms with Gasteiger partial charge >= 0.3 is 5.97 Å². The number of fused-ring (bicyclic) bond motifs is 5. The van der Waals surface area contributed by atoms with Crippen LogP contribution in [0.2, 0.25) is 0 Å².